The highest BCUT2D eigenvalue weighted by molar-refractivity contribution is 6.28. The Morgan fingerprint density at radius 1 is 0.831 bits per heavy atom. The summed E-state index contributed by atoms with van der Waals surface area (Å²) in [6.45, 7) is 0.519. The van der Waals surface area contributed by atoms with Crippen molar-refractivity contribution in [3.63, 3.8) is 0 Å². The number of hydrogen-bond donors (Lipinski definition) is 7. The van der Waals surface area contributed by atoms with Gasteiger partial charge in [-0.05, 0) is 72.2 Å². The van der Waals surface area contributed by atoms with Crippen LogP contribution in [0.15, 0.2) is 83.7 Å². The maximum Gasteiger partial charge on any atom is 0.343 e. The summed E-state index contributed by atoms with van der Waals surface area (Å²) in [5.74, 6) is -6.20. The van der Waals surface area contributed by atoms with Crippen molar-refractivity contribution in [2.45, 2.75) is 76.8 Å². The summed E-state index contributed by atoms with van der Waals surface area (Å²) in [4.78, 5) is 134. The molecule has 8 amide bonds. The van der Waals surface area contributed by atoms with Crippen molar-refractivity contribution in [3.8, 4) is 11.4 Å². The quantitative estimate of drug-likeness (QED) is 0.0251. The molecule has 9 rings (SSSR count). The first-order chi connectivity index (χ1) is 36.9. The molecule has 4 aliphatic rings. The highest BCUT2D eigenvalue weighted by atomic mass is 19.1. The van der Waals surface area contributed by atoms with Crippen molar-refractivity contribution in [1.29, 1.82) is 0 Å². The van der Waals surface area contributed by atoms with Crippen LogP contribution in [0.5, 0.6) is 0 Å². The lowest BCUT2D eigenvalue weighted by Gasteiger charge is -2.31. The first kappa shape index (κ1) is 52.9. The number of nitrogens with zero attached hydrogens (tertiary/aromatic N) is 3. The number of anilines is 1. The maximum atomic E-state index is 15.4. The molecule has 0 bridgehead atoms. The van der Waals surface area contributed by atoms with E-state index in [-0.39, 0.29) is 43.5 Å². The predicted octanol–water partition coefficient (Wildman–Crippen LogP) is 0.469. The summed E-state index contributed by atoms with van der Waals surface area (Å²) in [6, 6.07) is 15.9. The Kier molecular flexibility index (Phi) is 15.2. The minimum absolute atomic E-state index is 0.0237. The number of benzene rings is 3. The zero-order valence-corrected chi connectivity index (χ0v) is 41.7. The molecule has 77 heavy (non-hydrogen) atoms. The fraction of sp³-hybridized carbons (Fsp3) is 0.315. The molecule has 2 aromatic heterocycles. The van der Waals surface area contributed by atoms with Gasteiger partial charge < -0.3 is 51.0 Å². The molecule has 23 heteroatoms. The average molecular weight is 1050 g/mol. The molecule has 22 nitrogen and oxygen atoms in total. The maximum absolute atomic E-state index is 15.4. The number of aryl methyl sites for hydroxylation is 1. The lowest BCUT2D eigenvalue weighted by atomic mass is 9.81. The van der Waals surface area contributed by atoms with E-state index in [2.05, 4.69) is 31.9 Å². The van der Waals surface area contributed by atoms with Crippen LogP contribution in [0.1, 0.15) is 70.3 Å². The third-order valence-electron chi connectivity index (χ3n) is 13.9. The molecule has 0 spiro atoms. The molecular formula is C54H52FN9O13. The van der Waals surface area contributed by atoms with Gasteiger partial charge in [-0.3, -0.25) is 43.2 Å². The van der Waals surface area contributed by atoms with Gasteiger partial charge in [0.05, 0.1) is 66.8 Å². The van der Waals surface area contributed by atoms with E-state index in [1.165, 1.54) is 22.8 Å². The minimum Gasteiger partial charge on any atom is -0.458 e. The van der Waals surface area contributed by atoms with Crippen LogP contribution in [-0.2, 0) is 90.6 Å². The van der Waals surface area contributed by atoms with E-state index in [4.69, 9.17) is 14.5 Å². The van der Waals surface area contributed by atoms with Crippen LogP contribution in [-0.4, -0.2) is 107 Å². The van der Waals surface area contributed by atoms with Gasteiger partial charge in [-0.1, -0.05) is 49.4 Å². The summed E-state index contributed by atoms with van der Waals surface area (Å²) in [7, 11) is 0. The summed E-state index contributed by atoms with van der Waals surface area (Å²) in [5.41, 5.74) is 2.68. The summed E-state index contributed by atoms with van der Waals surface area (Å²) in [5, 5.41) is 27.3. The number of rotatable bonds is 19. The summed E-state index contributed by atoms with van der Waals surface area (Å²) >= 11 is 0. The van der Waals surface area contributed by atoms with Gasteiger partial charge >= 0.3 is 5.97 Å². The first-order valence-electron chi connectivity index (χ1n) is 24.7. The normalized spacial score (nSPS) is 17.2. The molecule has 398 valence electrons. The third kappa shape index (κ3) is 10.9. The number of pyridine rings is 2. The second-order valence-electron chi connectivity index (χ2n) is 18.8. The van der Waals surface area contributed by atoms with Crippen molar-refractivity contribution in [2.24, 2.45) is 0 Å². The van der Waals surface area contributed by atoms with Crippen molar-refractivity contribution >= 4 is 69.8 Å². The number of amides is 8. The molecule has 5 heterocycles. The molecule has 7 N–H and O–H groups in total. The highest BCUT2D eigenvalue weighted by Gasteiger charge is 2.46. The van der Waals surface area contributed by atoms with Crippen molar-refractivity contribution in [2.75, 3.05) is 37.9 Å². The first-order valence-corrected chi connectivity index (χ1v) is 24.7. The Morgan fingerprint density at radius 3 is 2.25 bits per heavy atom. The number of fused-ring (bicyclic) bond motifs is 5. The van der Waals surface area contributed by atoms with Crippen LogP contribution >= 0.6 is 0 Å². The molecule has 3 aliphatic heterocycles. The van der Waals surface area contributed by atoms with E-state index in [1.807, 2.05) is 0 Å². The van der Waals surface area contributed by atoms with Crippen LogP contribution in [0.4, 0.5) is 10.1 Å². The number of aromatic nitrogens is 2. The summed E-state index contributed by atoms with van der Waals surface area (Å²) in [6.07, 6.45) is 2.93. The number of nitrogens with one attached hydrogen (secondary N) is 6. The fourth-order valence-corrected chi connectivity index (χ4v) is 9.95. The lowest BCUT2D eigenvalue weighted by molar-refractivity contribution is -0.172. The zero-order valence-electron chi connectivity index (χ0n) is 41.7. The number of cyclic esters (lactones) is 1. The van der Waals surface area contributed by atoms with E-state index >= 15 is 4.39 Å². The zero-order chi connectivity index (χ0) is 54.7. The second kappa shape index (κ2) is 22.1. The fourth-order valence-electron chi connectivity index (χ4n) is 9.95. The van der Waals surface area contributed by atoms with Crippen LogP contribution < -0.4 is 42.4 Å². The van der Waals surface area contributed by atoms with Crippen LogP contribution in [0.2, 0.25) is 0 Å². The highest BCUT2D eigenvalue weighted by Crippen LogP contribution is 2.46. The molecule has 1 aliphatic carbocycles. The number of hydrogen-bond acceptors (Lipinski definition) is 14. The number of imide groups is 1. The van der Waals surface area contributed by atoms with E-state index in [1.54, 1.807) is 62.4 Å². The Balaban J connectivity index is 0.753. The number of carbonyl (C=O) groups is 9. The van der Waals surface area contributed by atoms with Crippen molar-refractivity contribution in [1.82, 2.24) is 41.5 Å². The molecule has 0 radical (unpaired) electrons. The van der Waals surface area contributed by atoms with Gasteiger partial charge in [-0.25, -0.2) is 19.1 Å². The second-order valence-corrected chi connectivity index (χ2v) is 18.8. The third-order valence-corrected chi connectivity index (χ3v) is 13.9. The minimum atomic E-state index is -2.06. The van der Waals surface area contributed by atoms with Crippen LogP contribution in [0, 0.1) is 12.7 Å². The summed E-state index contributed by atoms with van der Waals surface area (Å²) < 4.78 is 27.5. The Hall–Kier alpha value is -8.96. The van der Waals surface area contributed by atoms with Crippen molar-refractivity contribution < 1.29 is 62.1 Å². The van der Waals surface area contributed by atoms with E-state index in [0.717, 1.165) is 22.6 Å². The monoisotopic (exact) mass is 1050 g/mol. The number of carbonyl (C=O) groups excluding carboxylic acids is 9. The van der Waals surface area contributed by atoms with Crippen LogP contribution in [0.3, 0.4) is 0 Å². The molecule has 5 aromatic rings. The number of aliphatic hydroxyl groups is 1. The molecule has 3 aromatic carbocycles. The van der Waals surface area contributed by atoms with Gasteiger partial charge in [0.2, 0.25) is 35.4 Å². The Bertz CT molecular complexity index is 3380. The van der Waals surface area contributed by atoms with E-state index in [0.29, 0.717) is 68.6 Å². The largest absolute Gasteiger partial charge is 0.458 e. The molecule has 0 saturated heterocycles. The number of ether oxygens (including phenoxy) is 2. The van der Waals surface area contributed by atoms with Gasteiger partial charge in [0.15, 0.2) is 5.60 Å². The van der Waals surface area contributed by atoms with Gasteiger partial charge in [0, 0.05) is 41.2 Å². The number of esters is 1. The Labute approximate surface area is 437 Å². The van der Waals surface area contributed by atoms with E-state index < -0.39 is 115 Å². The van der Waals surface area contributed by atoms with E-state index in [9.17, 15) is 53.1 Å². The molecule has 0 fully saturated rings. The molecule has 0 unspecified atom stereocenters. The smallest absolute Gasteiger partial charge is 0.343 e. The SMILES string of the molecule is CC[C@@]1(O)C(=O)OCc2c1cc1n(c2=O)Cc2c-1nc1cc(F)c(C)c3c1c2[C@@H](NC(=O)COCNC(=O)CNC(=O)[C@H](Cc1ccccc1)NC(=O)CNC(=O)CNC(=O)Cc1ccc(N2C(=O)C=CC2=O)cc1)CC3. The molecule has 3 atom stereocenters. The van der Waals surface area contributed by atoms with Crippen LogP contribution in [0.25, 0.3) is 22.3 Å². The van der Waals surface area contributed by atoms with Gasteiger partial charge in [0.1, 0.15) is 31.8 Å². The predicted molar refractivity (Wildman–Crippen MR) is 270 cm³/mol. The topological polar surface area (TPSA) is 303 Å². The Morgan fingerprint density at radius 2 is 1.52 bits per heavy atom. The van der Waals surface area contributed by atoms with Gasteiger partial charge in [-0.2, -0.15) is 0 Å². The van der Waals surface area contributed by atoms with Gasteiger partial charge in [0.25, 0.3) is 17.4 Å². The average Bonchev–Trinajstić information content (AvgIpc) is 4.09. The number of halogens is 1. The van der Waals surface area contributed by atoms with Crippen molar-refractivity contribution in [3.05, 3.63) is 140 Å². The van der Waals surface area contributed by atoms with Gasteiger partial charge in [-0.15, -0.1) is 0 Å². The standard InChI is InChI=1S/C54H52FN9O13/c1-3-54(75)35-19-40-50-33(24-63(40)52(73)34(35)25-77-53(54)74)49-37(14-13-32-28(2)36(55)20-38(62-50)48(32)49)60-45(69)26-76-27-59-43(67)22-58-51(72)39(17-29-7-5-4-6-8-29)61-44(68)23-57-42(66)21-56-41(65)18-30-9-11-31(12-10-30)64-46(70)15-16-47(64)71/h4-12,15-16,19-20,37,39,75H,3,13-14,17-18,21-27H2,1-2H3,(H,56,65)(H,57,66)(H,58,72)(H,59,67)(H,60,69)(H,61,68)/t37-,39-,54-/m0/s1. The molecule has 0 saturated carbocycles. The lowest BCUT2D eigenvalue weighted by Crippen LogP contribution is -2.52. The molecular weight excluding hydrogens is 1000 g/mol.